The van der Waals surface area contributed by atoms with Gasteiger partial charge in [0.05, 0.1) is 30.6 Å². The van der Waals surface area contributed by atoms with Crippen LogP contribution in [0.3, 0.4) is 0 Å². The predicted molar refractivity (Wildman–Crippen MR) is 136 cm³/mol. The number of thiazole rings is 1. The van der Waals surface area contributed by atoms with Gasteiger partial charge >= 0.3 is 0 Å². The predicted octanol–water partition coefficient (Wildman–Crippen LogP) is 5.01. The Kier molecular flexibility index (Phi) is 7.10. The van der Waals surface area contributed by atoms with E-state index in [1.807, 2.05) is 6.07 Å². The fourth-order valence-corrected chi connectivity index (χ4v) is 5.41. The van der Waals surface area contributed by atoms with E-state index >= 15 is 0 Å². The highest BCUT2D eigenvalue weighted by Crippen LogP contribution is 2.40. The van der Waals surface area contributed by atoms with Crippen molar-refractivity contribution in [2.75, 3.05) is 34.9 Å². The van der Waals surface area contributed by atoms with Gasteiger partial charge in [-0.1, -0.05) is 19.1 Å². The molecular weight excluding hydrogens is 432 g/mol. The van der Waals surface area contributed by atoms with Crippen molar-refractivity contribution in [2.45, 2.75) is 38.9 Å². The summed E-state index contributed by atoms with van der Waals surface area (Å²) in [5, 5.41) is 4.74. The zero-order valence-electron chi connectivity index (χ0n) is 20.4. The van der Waals surface area contributed by atoms with Gasteiger partial charge in [-0.15, -0.1) is 11.3 Å². The Morgan fingerprint density at radius 2 is 1.91 bits per heavy atom. The standard InChI is InChI=1S/C26H34N4O2S/c1-7-18-8-10-21-24(14-18)33-26(28-21)25(19-9-11-22(31-5)23(15-19)32-6)30-16-20(27-17(30)2)12-13-29(3)4/h8-11,14-17,25,27H,7,12-13H2,1-6H3. The van der Waals surface area contributed by atoms with Gasteiger partial charge in [-0.25, -0.2) is 4.98 Å². The van der Waals surface area contributed by atoms with Crippen molar-refractivity contribution in [1.29, 1.82) is 0 Å². The zero-order valence-corrected chi connectivity index (χ0v) is 21.2. The minimum atomic E-state index is -0.0355. The maximum atomic E-state index is 5.63. The van der Waals surface area contributed by atoms with E-state index in [0.717, 1.165) is 47.0 Å². The molecule has 3 aromatic rings. The molecule has 176 valence electrons. The Hall–Kier alpha value is -2.77. The molecule has 0 saturated carbocycles. The molecule has 0 aliphatic carbocycles. The molecule has 0 saturated heterocycles. The van der Waals surface area contributed by atoms with E-state index in [1.54, 1.807) is 25.6 Å². The first-order valence-electron chi connectivity index (χ1n) is 11.4. The molecule has 0 spiro atoms. The fraction of sp³-hybridized carbons (Fsp3) is 0.423. The van der Waals surface area contributed by atoms with E-state index in [9.17, 15) is 0 Å². The molecule has 2 atom stereocenters. The number of methoxy groups -OCH3 is 2. The molecule has 6 nitrogen and oxygen atoms in total. The maximum absolute atomic E-state index is 5.63. The third kappa shape index (κ3) is 4.94. The Balaban J connectivity index is 1.79. The molecule has 1 N–H and O–H groups in total. The van der Waals surface area contributed by atoms with Gasteiger partial charge in [-0.2, -0.15) is 0 Å². The first kappa shape index (κ1) is 23.4. The normalized spacial score (nSPS) is 16.8. The van der Waals surface area contributed by atoms with E-state index in [1.165, 1.54) is 16.0 Å². The van der Waals surface area contributed by atoms with Gasteiger partial charge < -0.3 is 24.6 Å². The average molecular weight is 467 g/mol. The van der Waals surface area contributed by atoms with Crippen molar-refractivity contribution < 1.29 is 9.47 Å². The third-order valence-corrected chi connectivity index (χ3v) is 7.18. The highest BCUT2D eigenvalue weighted by molar-refractivity contribution is 7.18. The zero-order chi connectivity index (χ0) is 23.5. The number of nitrogens with one attached hydrogen (secondary N) is 1. The van der Waals surface area contributed by atoms with Crippen LogP contribution in [-0.2, 0) is 6.42 Å². The average Bonchev–Trinajstić information content (AvgIpc) is 3.40. The number of benzene rings is 2. The summed E-state index contributed by atoms with van der Waals surface area (Å²) in [4.78, 5) is 9.67. The van der Waals surface area contributed by atoms with Crippen LogP contribution in [0, 0.1) is 0 Å². The molecule has 0 radical (unpaired) electrons. The number of rotatable bonds is 9. The van der Waals surface area contributed by atoms with Crippen molar-refractivity contribution in [3.63, 3.8) is 0 Å². The summed E-state index contributed by atoms with van der Waals surface area (Å²) in [5.74, 6) is 1.46. The minimum Gasteiger partial charge on any atom is -0.493 e. The molecule has 1 aromatic heterocycles. The first-order chi connectivity index (χ1) is 15.9. The molecule has 0 bridgehead atoms. The Labute approximate surface area is 200 Å². The molecule has 0 fully saturated rings. The molecule has 33 heavy (non-hydrogen) atoms. The lowest BCUT2D eigenvalue weighted by molar-refractivity contribution is 0.248. The summed E-state index contributed by atoms with van der Waals surface area (Å²) in [7, 11) is 7.56. The van der Waals surface area contributed by atoms with Gasteiger partial charge in [0, 0.05) is 24.9 Å². The van der Waals surface area contributed by atoms with Crippen LogP contribution in [0.5, 0.6) is 11.5 Å². The largest absolute Gasteiger partial charge is 0.493 e. The molecule has 2 heterocycles. The summed E-state index contributed by atoms with van der Waals surface area (Å²) >= 11 is 1.77. The summed E-state index contributed by atoms with van der Waals surface area (Å²) in [6, 6.07) is 12.7. The number of aromatic nitrogens is 1. The second kappa shape index (κ2) is 10.0. The number of hydrogen-bond acceptors (Lipinski definition) is 7. The summed E-state index contributed by atoms with van der Waals surface area (Å²) < 4.78 is 12.3. The maximum Gasteiger partial charge on any atom is 0.161 e. The lowest BCUT2D eigenvalue weighted by atomic mass is 10.0. The van der Waals surface area contributed by atoms with Gasteiger partial charge in [0.15, 0.2) is 11.5 Å². The SMILES string of the molecule is CCc1ccc2nc(C(c3ccc(OC)c(OC)c3)N3C=C(CCN(C)C)NC3C)sc2c1. The highest BCUT2D eigenvalue weighted by Gasteiger charge is 2.32. The van der Waals surface area contributed by atoms with Gasteiger partial charge in [0.2, 0.25) is 0 Å². The molecule has 2 unspecified atom stereocenters. The van der Waals surface area contributed by atoms with Crippen LogP contribution in [0.1, 0.15) is 42.4 Å². The molecule has 0 amide bonds. The topological polar surface area (TPSA) is 49.9 Å². The van der Waals surface area contributed by atoms with Crippen LogP contribution in [0.25, 0.3) is 10.2 Å². The number of ether oxygens (including phenoxy) is 2. The summed E-state index contributed by atoms with van der Waals surface area (Å²) in [6.07, 6.45) is 4.41. The molecule has 1 aliphatic rings. The van der Waals surface area contributed by atoms with Crippen LogP contribution >= 0.6 is 11.3 Å². The van der Waals surface area contributed by atoms with Crippen LogP contribution in [-0.4, -0.2) is 55.8 Å². The Morgan fingerprint density at radius 1 is 1.12 bits per heavy atom. The Bertz CT molecular complexity index is 1140. The number of aryl methyl sites for hydroxylation is 1. The second-order valence-corrected chi connectivity index (χ2v) is 9.76. The summed E-state index contributed by atoms with van der Waals surface area (Å²) in [6.45, 7) is 5.39. The molecule has 7 heteroatoms. The smallest absolute Gasteiger partial charge is 0.161 e. The molecular formula is C26H34N4O2S. The molecule has 4 rings (SSSR count). The van der Waals surface area contributed by atoms with Crippen LogP contribution in [0.2, 0.25) is 0 Å². The number of nitrogens with zero attached hydrogens (tertiary/aromatic N) is 3. The van der Waals surface area contributed by atoms with Crippen molar-refractivity contribution in [3.05, 3.63) is 64.4 Å². The summed E-state index contributed by atoms with van der Waals surface area (Å²) in [5.41, 5.74) is 4.76. The quantitative estimate of drug-likeness (QED) is 0.478. The lowest BCUT2D eigenvalue weighted by Gasteiger charge is -2.31. The van der Waals surface area contributed by atoms with Gasteiger partial charge in [0.25, 0.3) is 0 Å². The van der Waals surface area contributed by atoms with E-state index in [-0.39, 0.29) is 12.2 Å². The van der Waals surface area contributed by atoms with Crippen LogP contribution < -0.4 is 14.8 Å². The molecule has 2 aromatic carbocycles. The number of hydrogen-bond donors (Lipinski definition) is 1. The fourth-order valence-electron chi connectivity index (χ4n) is 4.24. The molecule has 1 aliphatic heterocycles. The van der Waals surface area contributed by atoms with E-state index in [4.69, 9.17) is 14.5 Å². The monoisotopic (exact) mass is 466 g/mol. The third-order valence-electron chi connectivity index (χ3n) is 6.11. The van der Waals surface area contributed by atoms with Gasteiger partial charge in [-0.3, -0.25) is 0 Å². The highest BCUT2D eigenvalue weighted by atomic mass is 32.1. The van der Waals surface area contributed by atoms with E-state index < -0.39 is 0 Å². The van der Waals surface area contributed by atoms with Gasteiger partial charge in [-0.05, 0) is 62.8 Å². The van der Waals surface area contributed by atoms with E-state index in [2.05, 4.69) is 79.6 Å². The van der Waals surface area contributed by atoms with Crippen molar-refractivity contribution in [2.24, 2.45) is 0 Å². The van der Waals surface area contributed by atoms with Crippen LogP contribution in [0.4, 0.5) is 0 Å². The van der Waals surface area contributed by atoms with Crippen LogP contribution in [0.15, 0.2) is 48.3 Å². The second-order valence-electron chi connectivity index (χ2n) is 8.70. The van der Waals surface area contributed by atoms with Crippen molar-refractivity contribution in [1.82, 2.24) is 20.1 Å². The van der Waals surface area contributed by atoms with Gasteiger partial charge in [0.1, 0.15) is 11.0 Å². The van der Waals surface area contributed by atoms with Crippen molar-refractivity contribution in [3.8, 4) is 11.5 Å². The first-order valence-corrected chi connectivity index (χ1v) is 12.3. The lowest BCUT2D eigenvalue weighted by Crippen LogP contribution is -2.36. The minimum absolute atomic E-state index is 0.0355. The number of fused-ring (bicyclic) bond motifs is 1. The van der Waals surface area contributed by atoms with Crippen molar-refractivity contribution >= 4 is 21.6 Å². The van der Waals surface area contributed by atoms with E-state index in [0.29, 0.717) is 0 Å². The Morgan fingerprint density at radius 3 is 2.61 bits per heavy atom.